The molecule has 0 saturated carbocycles. The molecule has 132 valence electrons. The first-order valence-corrected chi connectivity index (χ1v) is 8.52. The molecule has 1 heterocycles. The zero-order chi connectivity index (χ0) is 18.6. The normalized spacial score (nSPS) is 11.2. The Morgan fingerprint density at radius 2 is 1.68 bits per heavy atom. The summed E-state index contributed by atoms with van der Waals surface area (Å²) >= 11 is 0. The molecular weight excluding hydrogens is 348 g/mol. The molecule has 0 aliphatic carbocycles. The number of aliphatic hydroxyl groups is 2. The molecule has 0 saturated heterocycles. The lowest BCUT2D eigenvalue weighted by atomic mass is 10.0. The van der Waals surface area contributed by atoms with Gasteiger partial charge in [-0.1, -0.05) is 42.5 Å². The molecule has 0 fully saturated rings. The smallest absolute Gasteiger partial charge is 0.328 e. The van der Waals surface area contributed by atoms with Gasteiger partial charge in [0, 0.05) is 5.56 Å². The number of hydrogen-bond donors (Lipinski definition) is 4. The van der Waals surface area contributed by atoms with Crippen molar-refractivity contribution in [3.63, 3.8) is 0 Å². The van der Waals surface area contributed by atoms with E-state index in [1.165, 1.54) is 0 Å². The summed E-state index contributed by atoms with van der Waals surface area (Å²) in [7, 11) is -4.33. The minimum absolute atomic E-state index is 0.439. The van der Waals surface area contributed by atoms with Crippen LogP contribution in [0.15, 0.2) is 53.7 Å². The van der Waals surface area contributed by atoms with E-state index < -0.39 is 27.3 Å². The number of H-pyrrole nitrogens is 1. The summed E-state index contributed by atoms with van der Waals surface area (Å²) in [6.07, 6.45) is -1.79. The Morgan fingerprint density at radius 1 is 1.08 bits per heavy atom. The predicted octanol–water partition coefficient (Wildman–Crippen LogP) is 1.36. The van der Waals surface area contributed by atoms with Crippen molar-refractivity contribution in [2.75, 3.05) is 0 Å². The summed E-state index contributed by atoms with van der Waals surface area (Å²) in [6, 6.07) is 14.9. The first-order chi connectivity index (χ1) is 11.7. The van der Waals surface area contributed by atoms with E-state index in [2.05, 4.69) is 9.97 Å². The van der Waals surface area contributed by atoms with Crippen LogP contribution in [0.25, 0.3) is 22.2 Å². The first-order valence-electron chi connectivity index (χ1n) is 7.08. The van der Waals surface area contributed by atoms with Gasteiger partial charge >= 0.3 is 10.1 Å². The highest BCUT2D eigenvalue weighted by Gasteiger charge is 2.17. The maximum atomic E-state index is 11.1. The van der Waals surface area contributed by atoms with Gasteiger partial charge in [-0.3, -0.25) is 9.35 Å². The van der Waals surface area contributed by atoms with Gasteiger partial charge in [0.2, 0.25) is 6.29 Å². The van der Waals surface area contributed by atoms with E-state index in [9.17, 15) is 13.2 Å². The fraction of sp³-hybridized carbons (Fsp3) is 0.125. The van der Waals surface area contributed by atoms with E-state index in [1.807, 2.05) is 36.4 Å². The zero-order valence-corrected chi connectivity index (χ0v) is 13.9. The molecule has 3 aromatic rings. The number of fused-ring (bicyclic) bond motifs is 1. The topological polar surface area (TPSA) is 141 Å². The largest absolute Gasteiger partial charge is 0.362 e. The van der Waals surface area contributed by atoms with Crippen molar-refractivity contribution in [3.8, 4) is 11.1 Å². The van der Waals surface area contributed by atoms with E-state index in [0.717, 1.165) is 18.1 Å². The van der Waals surface area contributed by atoms with Crippen LogP contribution in [0.2, 0.25) is 0 Å². The first kappa shape index (κ1) is 18.7. The number of aromatic amines is 1. The van der Waals surface area contributed by atoms with E-state index in [4.69, 9.17) is 14.8 Å². The number of Topliss-reactive ketones (excluding diaryl/α,β-unsaturated/α-hetero) is 1. The number of aliphatic hydroxyl groups excluding tert-OH is 1. The second-order valence-electron chi connectivity index (χ2n) is 5.07. The van der Waals surface area contributed by atoms with Crippen LogP contribution in [0.3, 0.4) is 0 Å². The highest BCUT2D eigenvalue weighted by Crippen LogP contribution is 2.27. The van der Waals surface area contributed by atoms with Crippen molar-refractivity contribution in [2.24, 2.45) is 0 Å². The maximum absolute atomic E-state index is 11.1. The second kappa shape index (κ2) is 7.53. The average Bonchev–Trinajstić information content (AvgIpc) is 3.00. The number of nitrogens with one attached hydrogen (secondary N) is 1. The Kier molecular flexibility index (Phi) is 5.65. The van der Waals surface area contributed by atoms with Crippen molar-refractivity contribution >= 4 is 26.9 Å². The molecular formula is C16H16N2O6S. The molecule has 0 atom stereocenters. The lowest BCUT2D eigenvalue weighted by molar-refractivity contribution is -0.142. The highest BCUT2D eigenvalue weighted by atomic mass is 32.2. The van der Waals surface area contributed by atoms with Gasteiger partial charge in [-0.05, 0) is 18.6 Å². The third kappa shape index (κ3) is 4.70. The summed E-state index contributed by atoms with van der Waals surface area (Å²) in [5, 5.41) is 15.2. The fourth-order valence-electron chi connectivity index (χ4n) is 1.98. The van der Waals surface area contributed by atoms with Crippen LogP contribution in [-0.2, 0) is 14.9 Å². The van der Waals surface area contributed by atoms with Crippen molar-refractivity contribution in [1.29, 1.82) is 0 Å². The number of para-hydroxylation sites is 1. The lowest BCUT2D eigenvalue weighted by Gasteiger charge is -2.01. The Bertz CT molecular complexity index is 980. The van der Waals surface area contributed by atoms with Crippen LogP contribution in [-0.4, -0.2) is 45.2 Å². The SMILES string of the molecule is CC(=O)C(O)O.O=S(=O)(O)c1nc2c(-c3ccccc3)cccc2[nH]1. The summed E-state index contributed by atoms with van der Waals surface area (Å²) in [6.45, 7) is 1.10. The lowest BCUT2D eigenvalue weighted by Crippen LogP contribution is -2.14. The molecule has 8 nitrogen and oxygen atoms in total. The molecule has 0 radical (unpaired) electrons. The number of aromatic nitrogens is 2. The monoisotopic (exact) mass is 364 g/mol. The highest BCUT2D eigenvalue weighted by molar-refractivity contribution is 7.85. The maximum Gasteiger partial charge on any atom is 0.328 e. The number of rotatable bonds is 3. The molecule has 2 aromatic carbocycles. The number of carbonyl (C=O) groups is 1. The number of imidazole rings is 1. The van der Waals surface area contributed by atoms with Gasteiger partial charge < -0.3 is 15.2 Å². The van der Waals surface area contributed by atoms with Gasteiger partial charge in [-0.25, -0.2) is 4.98 Å². The van der Waals surface area contributed by atoms with Gasteiger partial charge in [0.05, 0.1) is 11.0 Å². The molecule has 0 spiro atoms. The Balaban J connectivity index is 0.000000326. The molecule has 0 bridgehead atoms. The fourth-order valence-corrected chi connectivity index (χ4v) is 2.43. The van der Waals surface area contributed by atoms with E-state index in [-0.39, 0.29) is 0 Å². The molecule has 1 aromatic heterocycles. The van der Waals surface area contributed by atoms with Gasteiger partial charge in [-0.2, -0.15) is 8.42 Å². The van der Waals surface area contributed by atoms with Gasteiger partial charge in [0.15, 0.2) is 5.78 Å². The van der Waals surface area contributed by atoms with Crippen LogP contribution < -0.4 is 0 Å². The van der Waals surface area contributed by atoms with Gasteiger partial charge in [0.1, 0.15) is 0 Å². The standard InChI is InChI=1S/C13H10N2O3S.C3H6O3/c16-19(17,18)13-14-11-8-4-7-10(12(11)15-13)9-5-2-1-3-6-9;1-2(4)3(5)6/h1-8H,(H,14,15)(H,16,17,18);3,5-6H,1H3. The summed E-state index contributed by atoms with van der Waals surface area (Å²) in [4.78, 5) is 16.2. The molecule has 3 rings (SSSR count). The van der Waals surface area contributed by atoms with Crippen molar-refractivity contribution in [3.05, 3.63) is 48.5 Å². The number of ketones is 1. The average molecular weight is 364 g/mol. The molecule has 9 heteroatoms. The molecule has 0 amide bonds. The van der Waals surface area contributed by atoms with E-state index in [1.54, 1.807) is 12.1 Å². The van der Waals surface area contributed by atoms with Crippen LogP contribution in [0.1, 0.15) is 6.92 Å². The van der Waals surface area contributed by atoms with E-state index >= 15 is 0 Å². The third-order valence-corrected chi connectivity index (χ3v) is 3.87. The quantitative estimate of drug-likeness (QED) is 0.406. The molecule has 0 aliphatic rings. The minimum atomic E-state index is -4.33. The zero-order valence-electron chi connectivity index (χ0n) is 13.1. The second-order valence-corrected chi connectivity index (χ2v) is 6.41. The van der Waals surface area contributed by atoms with Crippen molar-refractivity contribution in [2.45, 2.75) is 18.4 Å². The Labute approximate surface area is 143 Å². The molecule has 0 unspecified atom stereocenters. The van der Waals surface area contributed by atoms with Crippen molar-refractivity contribution < 1.29 is 28.0 Å². The van der Waals surface area contributed by atoms with Crippen LogP contribution in [0.5, 0.6) is 0 Å². The summed E-state index contributed by atoms with van der Waals surface area (Å²) < 4.78 is 31.3. The van der Waals surface area contributed by atoms with E-state index in [0.29, 0.717) is 11.0 Å². The molecule has 4 N–H and O–H groups in total. The Morgan fingerprint density at radius 3 is 2.20 bits per heavy atom. The van der Waals surface area contributed by atoms with Crippen LogP contribution in [0.4, 0.5) is 0 Å². The summed E-state index contributed by atoms with van der Waals surface area (Å²) in [5.41, 5.74) is 2.82. The predicted molar refractivity (Wildman–Crippen MR) is 90.3 cm³/mol. The Hall–Kier alpha value is -2.59. The van der Waals surface area contributed by atoms with Crippen LogP contribution >= 0.6 is 0 Å². The minimum Gasteiger partial charge on any atom is -0.362 e. The number of hydrogen-bond acceptors (Lipinski definition) is 6. The third-order valence-electron chi connectivity index (χ3n) is 3.18. The molecule has 25 heavy (non-hydrogen) atoms. The van der Waals surface area contributed by atoms with Gasteiger partial charge in [0.25, 0.3) is 5.16 Å². The number of benzene rings is 2. The van der Waals surface area contributed by atoms with Crippen molar-refractivity contribution in [1.82, 2.24) is 9.97 Å². The van der Waals surface area contributed by atoms with Crippen LogP contribution in [0, 0.1) is 0 Å². The summed E-state index contributed by atoms with van der Waals surface area (Å²) in [5.74, 6) is -0.630. The number of carbonyl (C=O) groups excluding carboxylic acids is 1. The molecule has 0 aliphatic heterocycles. The van der Waals surface area contributed by atoms with Gasteiger partial charge in [-0.15, -0.1) is 0 Å². The number of nitrogens with zero attached hydrogens (tertiary/aromatic N) is 1.